The van der Waals surface area contributed by atoms with E-state index in [0.717, 1.165) is 5.57 Å². The highest BCUT2D eigenvalue weighted by molar-refractivity contribution is 5.90. The first-order valence-corrected chi connectivity index (χ1v) is 9.73. The molecule has 0 spiro atoms. The molecule has 0 radical (unpaired) electrons. The molecule has 0 saturated carbocycles. The maximum atomic E-state index is 13.0. The molecule has 3 heterocycles. The van der Waals surface area contributed by atoms with Gasteiger partial charge in [0.05, 0.1) is 6.04 Å². The third-order valence-corrected chi connectivity index (χ3v) is 5.17. The van der Waals surface area contributed by atoms with E-state index in [1.807, 2.05) is 31.2 Å². The number of piperidine rings is 1. The molecule has 0 bridgehead atoms. The topological polar surface area (TPSA) is 105 Å². The van der Waals surface area contributed by atoms with E-state index < -0.39 is 5.91 Å². The number of carbonyl (C=O) groups is 2. The lowest BCUT2D eigenvalue weighted by atomic mass is 9.94. The Hall–Kier alpha value is -3.29. The third kappa shape index (κ3) is 4.77. The number of hydrazone groups is 1. The van der Waals surface area contributed by atoms with Crippen molar-refractivity contribution in [2.45, 2.75) is 32.2 Å². The van der Waals surface area contributed by atoms with Crippen LogP contribution in [0.25, 0.3) is 0 Å². The Bertz CT molecular complexity index is 850. The van der Waals surface area contributed by atoms with E-state index in [9.17, 15) is 9.59 Å². The lowest BCUT2D eigenvalue weighted by Crippen LogP contribution is -2.43. The van der Waals surface area contributed by atoms with Crippen LogP contribution in [0.5, 0.6) is 0 Å². The number of anilines is 1. The minimum Gasteiger partial charge on any atom is -0.364 e. The van der Waals surface area contributed by atoms with Crippen LogP contribution in [0.1, 0.15) is 36.7 Å². The van der Waals surface area contributed by atoms with Crippen LogP contribution in [-0.4, -0.2) is 52.4 Å². The smallest absolute Gasteiger partial charge is 0.269 e. The number of nitrogens with two attached hydrogens (primary N) is 1. The van der Waals surface area contributed by atoms with Crippen LogP contribution < -0.4 is 10.6 Å². The van der Waals surface area contributed by atoms with Gasteiger partial charge in [-0.3, -0.25) is 9.59 Å². The van der Waals surface area contributed by atoms with Crippen LogP contribution in [0.2, 0.25) is 0 Å². The monoisotopic (exact) mass is 394 g/mol. The van der Waals surface area contributed by atoms with E-state index in [2.05, 4.69) is 26.8 Å². The summed E-state index contributed by atoms with van der Waals surface area (Å²) in [5, 5.41) is 13.8. The quantitative estimate of drug-likeness (QED) is 0.744. The van der Waals surface area contributed by atoms with Crippen molar-refractivity contribution in [3.05, 3.63) is 54.3 Å². The molecule has 0 unspecified atom stereocenters. The fourth-order valence-electron chi connectivity index (χ4n) is 3.50. The van der Waals surface area contributed by atoms with Crippen molar-refractivity contribution < 1.29 is 9.59 Å². The molecule has 1 atom stereocenters. The second kappa shape index (κ2) is 9.27. The van der Waals surface area contributed by atoms with Crippen LogP contribution in [0.15, 0.2) is 53.7 Å². The van der Waals surface area contributed by atoms with Gasteiger partial charge >= 0.3 is 0 Å². The molecule has 3 rings (SSSR count). The summed E-state index contributed by atoms with van der Waals surface area (Å²) in [5.41, 5.74) is 6.21. The Balaban J connectivity index is 1.58. The first kappa shape index (κ1) is 20.4. The zero-order valence-corrected chi connectivity index (χ0v) is 16.6. The molecule has 2 N–H and O–H groups in total. The van der Waals surface area contributed by atoms with Crippen LogP contribution in [0.4, 0.5) is 5.82 Å². The Morgan fingerprint density at radius 1 is 1.21 bits per heavy atom. The van der Waals surface area contributed by atoms with Crippen LogP contribution in [0.3, 0.4) is 0 Å². The average Bonchev–Trinajstić information content (AvgIpc) is 3.23. The largest absolute Gasteiger partial charge is 0.364 e. The maximum absolute atomic E-state index is 13.0. The molecule has 0 aliphatic carbocycles. The first-order valence-electron chi connectivity index (χ1n) is 9.73. The molecule has 29 heavy (non-hydrogen) atoms. The van der Waals surface area contributed by atoms with E-state index in [1.165, 1.54) is 0 Å². The van der Waals surface area contributed by atoms with Crippen molar-refractivity contribution in [2.24, 2.45) is 16.8 Å². The number of amides is 2. The summed E-state index contributed by atoms with van der Waals surface area (Å²) in [6.45, 7) is 7.43. The highest BCUT2D eigenvalue weighted by atomic mass is 16.2. The van der Waals surface area contributed by atoms with Gasteiger partial charge in [0.25, 0.3) is 5.91 Å². The number of allylic oxidation sites excluding steroid dienone is 3. The van der Waals surface area contributed by atoms with Gasteiger partial charge < -0.3 is 10.6 Å². The fourth-order valence-corrected chi connectivity index (χ4v) is 3.50. The van der Waals surface area contributed by atoms with Crippen LogP contribution in [0, 0.1) is 5.92 Å². The van der Waals surface area contributed by atoms with Crippen molar-refractivity contribution in [2.75, 3.05) is 18.0 Å². The number of carbonyl (C=O) groups excluding carboxylic acids is 2. The van der Waals surface area contributed by atoms with Crippen molar-refractivity contribution in [1.29, 1.82) is 0 Å². The minimum atomic E-state index is -0.601. The normalized spacial score (nSPS) is 20.1. The zero-order chi connectivity index (χ0) is 20.8. The van der Waals surface area contributed by atoms with Crippen molar-refractivity contribution in [3.63, 3.8) is 0 Å². The van der Waals surface area contributed by atoms with Crippen LogP contribution in [-0.2, 0) is 4.79 Å². The van der Waals surface area contributed by atoms with E-state index in [0.29, 0.717) is 38.2 Å². The van der Waals surface area contributed by atoms with Gasteiger partial charge in [0.2, 0.25) is 5.91 Å². The van der Waals surface area contributed by atoms with E-state index in [-0.39, 0.29) is 23.6 Å². The van der Waals surface area contributed by atoms with Gasteiger partial charge in [0.15, 0.2) is 11.5 Å². The Morgan fingerprint density at radius 2 is 1.97 bits per heavy atom. The Kier molecular flexibility index (Phi) is 6.54. The molecular formula is C21H26N6O2. The predicted molar refractivity (Wildman–Crippen MR) is 112 cm³/mol. The Morgan fingerprint density at radius 3 is 2.59 bits per heavy atom. The zero-order valence-electron chi connectivity index (χ0n) is 16.6. The number of primary amides is 1. The van der Waals surface area contributed by atoms with E-state index in [1.54, 1.807) is 23.4 Å². The van der Waals surface area contributed by atoms with Crippen LogP contribution >= 0.6 is 0 Å². The number of nitrogens with zero attached hydrogens (tertiary/aromatic N) is 5. The summed E-state index contributed by atoms with van der Waals surface area (Å²) >= 11 is 0. The van der Waals surface area contributed by atoms with Gasteiger partial charge in [0.1, 0.15) is 0 Å². The van der Waals surface area contributed by atoms with Gasteiger partial charge in [-0.2, -0.15) is 5.10 Å². The molecule has 1 fully saturated rings. The predicted octanol–water partition coefficient (Wildman–Crippen LogP) is 2.07. The fraction of sp³-hybridized carbons (Fsp3) is 0.381. The lowest BCUT2D eigenvalue weighted by Gasteiger charge is -2.34. The number of hydrogen-bond donors (Lipinski definition) is 1. The van der Waals surface area contributed by atoms with E-state index in [4.69, 9.17) is 5.73 Å². The molecule has 2 aliphatic heterocycles. The lowest BCUT2D eigenvalue weighted by molar-refractivity contribution is -0.137. The molecule has 2 aliphatic rings. The van der Waals surface area contributed by atoms with Gasteiger partial charge in [-0.1, -0.05) is 30.9 Å². The molecule has 1 saturated heterocycles. The highest BCUT2D eigenvalue weighted by Gasteiger charge is 2.34. The number of aromatic nitrogens is 2. The first-order chi connectivity index (χ1) is 14.0. The Labute approximate surface area is 170 Å². The number of hydrogen-bond acceptors (Lipinski definition) is 6. The second-order valence-electron chi connectivity index (χ2n) is 7.09. The molecule has 1 aromatic heterocycles. The van der Waals surface area contributed by atoms with Crippen molar-refractivity contribution in [3.8, 4) is 0 Å². The van der Waals surface area contributed by atoms with Crippen molar-refractivity contribution in [1.82, 2.24) is 15.2 Å². The molecule has 8 nitrogen and oxygen atoms in total. The standard InChI is InChI=1S/C21H26N6O2/c1-3-4-5-6-15(2)18-9-12-23-27(18)21(29)16-10-13-26(14-11-16)19-8-7-17(20(22)28)24-25-19/h3-8,12,16,18H,2,9-11,13-14H2,1H3,(H2,22,28)/b4-3-,6-5-/t18-/m0/s1. The van der Waals surface area contributed by atoms with E-state index >= 15 is 0 Å². The average molecular weight is 394 g/mol. The summed E-state index contributed by atoms with van der Waals surface area (Å²) in [6.07, 6.45) is 11.6. The maximum Gasteiger partial charge on any atom is 0.269 e. The summed E-state index contributed by atoms with van der Waals surface area (Å²) in [6, 6.07) is 3.18. The van der Waals surface area contributed by atoms with Gasteiger partial charge in [-0.15, -0.1) is 10.2 Å². The van der Waals surface area contributed by atoms with Crippen molar-refractivity contribution >= 4 is 23.8 Å². The summed E-state index contributed by atoms with van der Waals surface area (Å²) in [5.74, 6) is 0.0324. The molecular weight excluding hydrogens is 368 g/mol. The molecule has 152 valence electrons. The molecule has 0 aromatic carbocycles. The summed E-state index contributed by atoms with van der Waals surface area (Å²) in [7, 11) is 0. The molecule has 8 heteroatoms. The minimum absolute atomic E-state index is 0.0409. The number of rotatable bonds is 6. The van der Waals surface area contributed by atoms with Gasteiger partial charge in [-0.05, 0) is 37.5 Å². The van der Waals surface area contributed by atoms with Gasteiger partial charge in [-0.25, -0.2) is 5.01 Å². The molecule has 2 amide bonds. The summed E-state index contributed by atoms with van der Waals surface area (Å²) in [4.78, 5) is 26.2. The second-order valence-corrected chi connectivity index (χ2v) is 7.09. The van der Waals surface area contributed by atoms with Gasteiger partial charge in [0, 0.05) is 31.6 Å². The SMILES string of the molecule is C=C(/C=C\C=C/C)[C@@H]1CC=NN1C(=O)C1CCN(c2ccc(C(N)=O)nn2)CC1. The summed E-state index contributed by atoms with van der Waals surface area (Å²) < 4.78 is 0. The molecule has 1 aromatic rings. The third-order valence-electron chi connectivity index (χ3n) is 5.17. The highest BCUT2D eigenvalue weighted by Crippen LogP contribution is 2.27.